The molecule has 7 heteroatoms. The number of nitrogens with one attached hydrogen (secondary N) is 1. The first-order chi connectivity index (χ1) is 9.82. The van der Waals surface area contributed by atoms with Gasteiger partial charge in [-0.2, -0.15) is 0 Å². The molecule has 116 valence electrons. The van der Waals surface area contributed by atoms with Crippen molar-refractivity contribution in [2.24, 2.45) is 10.9 Å². The van der Waals surface area contributed by atoms with Crippen LogP contribution in [-0.4, -0.2) is 23.3 Å². The predicted octanol–water partition coefficient (Wildman–Crippen LogP) is 4.51. The van der Waals surface area contributed by atoms with E-state index in [1.807, 2.05) is 0 Å². The van der Waals surface area contributed by atoms with E-state index in [0.717, 1.165) is 17.3 Å². The average molecular weight is 318 g/mol. The lowest BCUT2D eigenvalue weighted by atomic mass is 10.1. The van der Waals surface area contributed by atoms with E-state index in [0.29, 0.717) is 17.6 Å². The van der Waals surface area contributed by atoms with Crippen molar-refractivity contribution >= 4 is 22.6 Å². The zero-order valence-corrected chi connectivity index (χ0v) is 12.6. The van der Waals surface area contributed by atoms with Gasteiger partial charge in [0.25, 0.3) is 0 Å². The van der Waals surface area contributed by atoms with Crippen molar-refractivity contribution in [1.29, 1.82) is 0 Å². The molecule has 0 amide bonds. The number of aliphatic imine (C=N–C) groups is 1. The summed E-state index contributed by atoms with van der Waals surface area (Å²) in [7, 11) is 0. The number of alkyl halides is 3. The van der Waals surface area contributed by atoms with Crippen LogP contribution in [0.2, 0.25) is 0 Å². The van der Waals surface area contributed by atoms with Crippen LogP contribution in [-0.2, 0) is 0 Å². The van der Waals surface area contributed by atoms with Gasteiger partial charge in [0.1, 0.15) is 5.75 Å². The second-order valence-corrected chi connectivity index (χ2v) is 6.23. The molecule has 3 nitrogen and oxygen atoms in total. The maximum atomic E-state index is 12.1. The number of nitrogens with zero attached hydrogens (tertiary/aromatic N) is 1. The molecule has 1 aliphatic heterocycles. The summed E-state index contributed by atoms with van der Waals surface area (Å²) in [4.78, 5) is 4.56. The molecular weight excluding hydrogens is 301 g/mol. The first kappa shape index (κ1) is 16.0. The second kappa shape index (κ2) is 6.60. The highest BCUT2D eigenvalue weighted by molar-refractivity contribution is 8.14. The third-order valence-electron chi connectivity index (χ3n) is 2.79. The summed E-state index contributed by atoms with van der Waals surface area (Å²) in [6.07, 6.45) is -3.62. The molecule has 0 fully saturated rings. The minimum atomic E-state index is -4.66. The molecule has 0 spiro atoms. The van der Waals surface area contributed by atoms with Crippen LogP contribution in [0.15, 0.2) is 29.3 Å². The fourth-order valence-electron chi connectivity index (χ4n) is 2.01. The highest BCUT2D eigenvalue weighted by atomic mass is 32.2. The molecule has 0 radical (unpaired) electrons. The Morgan fingerprint density at radius 3 is 2.57 bits per heavy atom. The molecule has 1 N–H and O–H groups in total. The van der Waals surface area contributed by atoms with Crippen LogP contribution in [0.1, 0.15) is 20.3 Å². The zero-order chi connectivity index (χ0) is 15.5. The van der Waals surface area contributed by atoms with Gasteiger partial charge in [0.05, 0.1) is 6.04 Å². The van der Waals surface area contributed by atoms with Crippen LogP contribution in [0.4, 0.5) is 18.9 Å². The standard InChI is InChI=1S/C14H17F3N2OS/c1-9(2)7-11-8-21-13(19-11)18-10-3-5-12(6-4-10)20-14(15,16)17/h3-6,9,11H,7-8H2,1-2H3,(H,18,19). The van der Waals surface area contributed by atoms with E-state index in [4.69, 9.17) is 0 Å². The molecule has 21 heavy (non-hydrogen) atoms. The molecule has 1 unspecified atom stereocenters. The van der Waals surface area contributed by atoms with E-state index >= 15 is 0 Å². The van der Waals surface area contributed by atoms with E-state index in [1.54, 1.807) is 23.9 Å². The highest BCUT2D eigenvalue weighted by Gasteiger charge is 2.31. The molecule has 1 aromatic carbocycles. The van der Waals surface area contributed by atoms with Gasteiger partial charge in [-0.3, -0.25) is 4.99 Å². The monoisotopic (exact) mass is 318 g/mol. The molecule has 0 aliphatic carbocycles. The maximum Gasteiger partial charge on any atom is 0.573 e. The van der Waals surface area contributed by atoms with Gasteiger partial charge in [-0.15, -0.1) is 13.2 Å². The fourth-order valence-corrected chi connectivity index (χ4v) is 2.99. The van der Waals surface area contributed by atoms with Gasteiger partial charge < -0.3 is 10.1 Å². The summed E-state index contributed by atoms with van der Waals surface area (Å²) in [5, 5.41) is 3.92. The quantitative estimate of drug-likeness (QED) is 0.886. The van der Waals surface area contributed by atoms with Gasteiger partial charge in [-0.25, -0.2) is 0 Å². The Kier molecular flexibility index (Phi) is 5.03. The Morgan fingerprint density at radius 2 is 2.00 bits per heavy atom. The van der Waals surface area contributed by atoms with Gasteiger partial charge in [-0.05, 0) is 36.6 Å². The summed E-state index contributed by atoms with van der Waals surface area (Å²) in [6.45, 7) is 4.32. The van der Waals surface area contributed by atoms with E-state index in [2.05, 4.69) is 28.9 Å². The van der Waals surface area contributed by atoms with E-state index in [-0.39, 0.29) is 5.75 Å². The lowest BCUT2D eigenvalue weighted by molar-refractivity contribution is -0.274. The van der Waals surface area contributed by atoms with Crippen LogP contribution < -0.4 is 10.1 Å². The lowest BCUT2D eigenvalue weighted by Crippen LogP contribution is -2.17. The average Bonchev–Trinajstić information content (AvgIpc) is 2.76. The number of hydrogen-bond donors (Lipinski definition) is 1. The Labute approximate surface area is 126 Å². The summed E-state index contributed by atoms with van der Waals surface area (Å²) in [6, 6.07) is 5.95. The van der Waals surface area contributed by atoms with Crippen LogP contribution in [0.5, 0.6) is 5.75 Å². The lowest BCUT2D eigenvalue weighted by Gasteiger charge is -2.10. The number of benzene rings is 1. The van der Waals surface area contributed by atoms with Gasteiger partial charge in [-0.1, -0.05) is 25.6 Å². The SMILES string of the molecule is CC(C)CC1CSC(Nc2ccc(OC(F)(F)F)cc2)=N1. The molecule has 2 rings (SSSR count). The molecule has 1 aliphatic rings. The van der Waals surface area contributed by atoms with Crippen molar-refractivity contribution in [3.05, 3.63) is 24.3 Å². The number of ether oxygens (including phenoxy) is 1. The smallest absolute Gasteiger partial charge is 0.406 e. The number of thioether (sulfide) groups is 1. The Bertz CT molecular complexity index is 500. The number of hydrogen-bond acceptors (Lipinski definition) is 4. The molecular formula is C14H17F3N2OS. The normalized spacial score (nSPS) is 18.8. The molecule has 1 heterocycles. The third-order valence-corrected chi connectivity index (χ3v) is 3.83. The van der Waals surface area contributed by atoms with Crippen LogP contribution in [0, 0.1) is 5.92 Å². The largest absolute Gasteiger partial charge is 0.573 e. The van der Waals surface area contributed by atoms with Crippen LogP contribution in [0.3, 0.4) is 0 Å². The Hall–Kier alpha value is -1.37. The molecule has 0 bridgehead atoms. The van der Waals surface area contributed by atoms with Crippen molar-refractivity contribution in [2.75, 3.05) is 11.1 Å². The molecule has 0 saturated carbocycles. The third kappa shape index (κ3) is 5.49. The molecule has 0 saturated heterocycles. The van der Waals surface area contributed by atoms with Gasteiger partial charge in [0, 0.05) is 11.4 Å². The zero-order valence-electron chi connectivity index (χ0n) is 11.8. The Morgan fingerprint density at radius 1 is 1.33 bits per heavy atom. The minimum absolute atomic E-state index is 0.230. The maximum absolute atomic E-state index is 12.1. The van der Waals surface area contributed by atoms with Crippen molar-refractivity contribution in [1.82, 2.24) is 0 Å². The van der Waals surface area contributed by atoms with Gasteiger partial charge in [0.15, 0.2) is 5.17 Å². The van der Waals surface area contributed by atoms with E-state index in [9.17, 15) is 13.2 Å². The first-order valence-electron chi connectivity index (χ1n) is 6.65. The number of halogens is 3. The van der Waals surface area contributed by atoms with Crippen molar-refractivity contribution < 1.29 is 17.9 Å². The van der Waals surface area contributed by atoms with E-state index < -0.39 is 6.36 Å². The predicted molar refractivity (Wildman–Crippen MR) is 79.9 cm³/mol. The molecule has 1 aromatic rings. The summed E-state index contributed by atoms with van der Waals surface area (Å²) in [5.41, 5.74) is 0.695. The summed E-state index contributed by atoms with van der Waals surface area (Å²) >= 11 is 1.63. The van der Waals surface area contributed by atoms with Gasteiger partial charge >= 0.3 is 6.36 Å². The Balaban J connectivity index is 1.92. The topological polar surface area (TPSA) is 33.6 Å². The number of rotatable bonds is 4. The highest BCUT2D eigenvalue weighted by Crippen LogP contribution is 2.26. The van der Waals surface area contributed by atoms with Crippen molar-refractivity contribution in [2.45, 2.75) is 32.7 Å². The summed E-state index contributed by atoms with van der Waals surface area (Å²) in [5.74, 6) is 1.31. The minimum Gasteiger partial charge on any atom is -0.406 e. The van der Waals surface area contributed by atoms with Crippen molar-refractivity contribution in [3.8, 4) is 5.75 Å². The van der Waals surface area contributed by atoms with Crippen LogP contribution >= 0.6 is 11.8 Å². The second-order valence-electron chi connectivity index (χ2n) is 5.23. The fraction of sp³-hybridized carbons (Fsp3) is 0.500. The van der Waals surface area contributed by atoms with Crippen LogP contribution in [0.25, 0.3) is 0 Å². The number of amidine groups is 1. The number of anilines is 1. The summed E-state index contributed by atoms with van der Waals surface area (Å²) < 4.78 is 40.0. The first-order valence-corrected chi connectivity index (χ1v) is 7.64. The molecule has 0 aromatic heterocycles. The molecule has 1 atom stereocenters. The van der Waals surface area contributed by atoms with Crippen molar-refractivity contribution in [3.63, 3.8) is 0 Å². The van der Waals surface area contributed by atoms with E-state index in [1.165, 1.54) is 12.1 Å². The van der Waals surface area contributed by atoms with Gasteiger partial charge in [0.2, 0.25) is 0 Å².